The van der Waals surface area contributed by atoms with E-state index in [2.05, 4.69) is 84.7 Å². The summed E-state index contributed by atoms with van der Waals surface area (Å²) in [4.78, 5) is 56.4. The number of carbonyl (C=O) groups is 2. The van der Waals surface area contributed by atoms with E-state index in [1.54, 1.807) is 24.3 Å². The highest BCUT2D eigenvalue weighted by atomic mass is 16.5. The van der Waals surface area contributed by atoms with Crippen molar-refractivity contribution in [1.29, 1.82) is 0 Å². The van der Waals surface area contributed by atoms with Gasteiger partial charge in [-0.3, -0.25) is 9.59 Å². The predicted octanol–water partition coefficient (Wildman–Crippen LogP) is 7.13. The van der Waals surface area contributed by atoms with Crippen molar-refractivity contribution >= 4 is 45.9 Å². The van der Waals surface area contributed by atoms with Crippen LogP contribution in [0.4, 0.5) is 0 Å². The van der Waals surface area contributed by atoms with Crippen LogP contribution in [0.2, 0.25) is 0 Å². The Balaban J connectivity index is 0.908. The van der Waals surface area contributed by atoms with Gasteiger partial charge in [0, 0.05) is 72.4 Å². The summed E-state index contributed by atoms with van der Waals surface area (Å²) in [6.45, 7) is 9.05. The summed E-state index contributed by atoms with van der Waals surface area (Å²) in [6.07, 6.45) is 9.42. The Hall–Kier alpha value is -7.02. The van der Waals surface area contributed by atoms with Crippen molar-refractivity contribution in [1.82, 2.24) is 20.6 Å². The van der Waals surface area contributed by atoms with Crippen molar-refractivity contribution in [2.75, 3.05) is 13.1 Å². The average Bonchev–Trinajstić information content (AvgIpc) is 3.90. The van der Waals surface area contributed by atoms with Crippen LogP contribution in [-0.4, -0.2) is 45.2 Å². The number of ether oxygens (including phenoxy) is 2. The molecule has 8 rings (SSSR count). The number of aryl methyl sites for hydroxylation is 4. The maximum Gasteiger partial charge on any atom is 0.336 e. The highest BCUT2D eigenvalue weighted by Crippen LogP contribution is 2.34. The van der Waals surface area contributed by atoms with E-state index in [0.29, 0.717) is 21.9 Å². The van der Waals surface area contributed by atoms with Gasteiger partial charge in [0.25, 0.3) is 0 Å². The molecule has 4 aromatic carbocycles. The van der Waals surface area contributed by atoms with Crippen LogP contribution >= 0.6 is 0 Å². The molecule has 2 heterocycles. The molecule has 0 saturated heterocycles. The highest BCUT2D eigenvalue weighted by molar-refractivity contribution is 5.97. The third-order valence-corrected chi connectivity index (χ3v) is 12.2. The molecule has 2 atom stereocenters. The van der Waals surface area contributed by atoms with Crippen LogP contribution in [0.5, 0.6) is 11.5 Å². The number of rotatable bonds is 16. The van der Waals surface area contributed by atoms with E-state index in [4.69, 9.17) is 9.47 Å². The van der Waals surface area contributed by atoms with Gasteiger partial charge in [0.05, 0.1) is 23.2 Å². The molecule has 2 aromatic heterocycles. The van der Waals surface area contributed by atoms with E-state index < -0.39 is 35.3 Å². The normalized spacial score (nSPS) is 14.0. The molecule has 12 nitrogen and oxygen atoms in total. The number of hydrogen-bond donors (Lipinski definition) is 6. The Morgan fingerprint density at radius 1 is 0.594 bits per heavy atom. The van der Waals surface area contributed by atoms with Crippen LogP contribution in [0.1, 0.15) is 95.5 Å². The number of aliphatic hydroxyl groups excluding tert-OH is 2. The van der Waals surface area contributed by atoms with E-state index in [1.165, 1.54) is 68.8 Å². The van der Waals surface area contributed by atoms with Gasteiger partial charge in [-0.05, 0) is 118 Å². The first kappa shape index (κ1) is 43.6. The van der Waals surface area contributed by atoms with Crippen LogP contribution in [0.15, 0.2) is 106 Å². The van der Waals surface area contributed by atoms with E-state index in [9.17, 15) is 29.4 Å². The zero-order valence-corrected chi connectivity index (χ0v) is 36.4. The topological polar surface area (TPSA) is 183 Å². The largest absolute Gasteiger partial charge is 0.421 e. The van der Waals surface area contributed by atoms with E-state index in [1.807, 2.05) is 0 Å². The number of nitrogens with one attached hydrogen (secondary N) is 4. The van der Waals surface area contributed by atoms with Gasteiger partial charge in [-0.25, -0.2) is 9.59 Å². The number of pyridine rings is 2. The summed E-state index contributed by atoms with van der Waals surface area (Å²) in [5.41, 5.74) is 12.8. The molecule has 64 heavy (non-hydrogen) atoms. The predicted molar refractivity (Wildman–Crippen MR) is 249 cm³/mol. The third-order valence-electron chi connectivity index (χ3n) is 12.2. The van der Waals surface area contributed by atoms with Gasteiger partial charge in [-0.15, -0.1) is 0 Å². The van der Waals surface area contributed by atoms with Gasteiger partial charge in [-0.2, -0.15) is 0 Å². The molecule has 0 unspecified atom stereocenters. The van der Waals surface area contributed by atoms with Gasteiger partial charge < -0.3 is 40.3 Å². The Kier molecular flexibility index (Phi) is 12.8. The lowest BCUT2D eigenvalue weighted by atomic mass is 9.97. The SMILES string of the molecule is CCc1cc2c(cc1CC)CC(NC[C@H](O)c1ccc(OC(=O)/C=C\C(=O)Oc3ccc([C@@H](O)CNC4=Cc5cc(CC)c(CC)cc5C4)c4ccc(=O)[nH]c34)c3[nH]c(=O)ccc13)=C2. The second-order valence-corrected chi connectivity index (χ2v) is 16.2. The number of aromatic amines is 2. The van der Waals surface area contributed by atoms with Crippen molar-refractivity contribution in [3.63, 3.8) is 0 Å². The van der Waals surface area contributed by atoms with Crippen LogP contribution in [0, 0.1) is 0 Å². The number of fused-ring (bicyclic) bond motifs is 4. The zero-order chi connectivity index (χ0) is 45.1. The molecule has 0 spiro atoms. The fourth-order valence-electron chi connectivity index (χ4n) is 8.87. The number of carbonyl (C=O) groups excluding carboxylic acids is 2. The molecule has 12 heteroatoms. The van der Waals surface area contributed by atoms with Crippen LogP contribution in [-0.2, 0) is 48.1 Å². The van der Waals surface area contributed by atoms with Crippen LogP contribution in [0.3, 0.4) is 0 Å². The van der Waals surface area contributed by atoms with Gasteiger partial charge in [0.15, 0.2) is 11.5 Å². The average molecular weight is 861 g/mol. The zero-order valence-electron chi connectivity index (χ0n) is 36.4. The summed E-state index contributed by atoms with van der Waals surface area (Å²) < 4.78 is 11.1. The lowest BCUT2D eigenvalue weighted by Gasteiger charge is -2.17. The third kappa shape index (κ3) is 9.20. The molecule has 0 saturated carbocycles. The maximum absolute atomic E-state index is 13.0. The standard InChI is InChI=1S/C52H52N4O8/c1-5-29-19-33-23-37(24-34(33)20-30(29)6-2)53-27-43(57)39-9-13-45(51-41(39)11-15-47(59)55-51)63-49(61)17-18-50(62)64-46-14-10-40(42-12-16-48(60)56-52(42)46)44(58)28-54-38-25-35-21-31(7-3)32(8-4)22-36(35)26-38/h9-23,25,43-44,53-54,57-58H,5-8,24,26-28H2,1-4H3,(H,55,59)(H,56,60)/b18-17-/t43-,44-/m0/s1. The van der Waals surface area contributed by atoms with Crippen LogP contribution in [0.25, 0.3) is 34.0 Å². The maximum atomic E-state index is 13.0. The van der Waals surface area contributed by atoms with E-state index in [-0.39, 0.29) is 35.6 Å². The second kappa shape index (κ2) is 18.8. The molecular weight excluding hydrogens is 809 g/mol. The lowest BCUT2D eigenvalue weighted by molar-refractivity contribution is -0.131. The minimum atomic E-state index is -0.966. The molecule has 6 aromatic rings. The summed E-state index contributed by atoms with van der Waals surface area (Å²) in [5.74, 6) is -1.82. The summed E-state index contributed by atoms with van der Waals surface area (Å²) >= 11 is 0. The number of aliphatic hydroxyl groups is 2. The molecule has 0 fully saturated rings. The minimum Gasteiger partial charge on any atom is -0.421 e. The second-order valence-electron chi connectivity index (χ2n) is 16.2. The number of hydrogen-bond acceptors (Lipinski definition) is 10. The Morgan fingerprint density at radius 3 is 1.38 bits per heavy atom. The molecular formula is C52H52N4O8. The van der Waals surface area contributed by atoms with E-state index >= 15 is 0 Å². The van der Waals surface area contributed by atoms with Gasteiger partial charge in [0.2, 0.25) is 11.1 Å². The molecule has 0 radical (unpaired) electrons. The van der Waals surface area contributed by atoms with Gasteiger partial charge in [-0.1, -0.05) is 64.1 Å². The van der Waals surface area contributed by atoms with Gasteiger partial charge in [0.1, 0.15) is 0 Å². The fourth-order valence-corrected chi connectivity index (χ4v) is 8.87. The Morgan fingerprint density at radius 2 is 0.984 bits per heavy atom. The van der Waals surface area contributed by atoms with Gasteiger partial charge >= 0.3 is 11.9 Å². The van der Waals surface area contributed by atoms with Crippen molar-refractivity contribution in [3.05, 3.63) is 173 Å². The number of aromatic nitrogens is 2. The fraction of sp³-hybridized carbons (Fsp3) is 0.269. The monoisotopic (exact) mass is 860 g/mol. The number of esters is 2. The van der Waals surface area contributed by atoms with Crippen molar-refractivity contribution in [2.45, 2.75) is 78.4 Å². The highest BCUT2D eigenvalue weighted by Gasteiger charge is 2.22. The van der Waals surface area contributed by atoms with Crippen molar-refractivity contribution in [3.8, 4) is 11.5 Å². The first-order valence-corrected chi connectivity index (χ1v) is 21.9. The molecule has 0 bridgehead atoms. The Labute approximate surface area is 370 Å². The Bertz CT molecular complexity index is 2830. The van der Waals surface area contributed by atoms with Crippen molar-refractivity contribution in [2.24, 2.45) is 0 Å². The minimum absolute atomic E-state index is 0.0178. The molecule has 2 aliphatic rings. The number of benzene rings is 4. The molecule has 0 aliphatic heterocycles. The smallest absolute Gasteiger partial charge is 0.336 e. The lowest BCUT2D eigenvalue weighted by Crippen LogP contribution is -2.21. The summed E-state index contributed by atoms with van der Waals surface area (Å²) in [7, 11) is 0. The first-order valence-electron chi connectivity index (χ1n) is 21.9. The number of allylic oxidation sites excluding steroid dienone is 2. The van der Waals surface area contributed by atoms with Crippen molar-refractivity contribution < 1.29 is 29.3 Å². The molecule has 2 aliphatic carbocycles. The quantitative estimate of drug-likeness (QED) is 0.0333. The number of H-pyrrole nitrogens is 2. The summed E-state index contributed by atoms with van der Waals surface area (Å²) in [5, 5.41) is 30.4. The first-order chi connectivity index (χ1) is 30.9. The molecule has 6 N–H and O–H groups in total. The van der Waals surface area contributed by atoms with Crippen LogP contribution < -0.4 is 31.2 Å². The molecule has 0 amide bonds. The summed E-state index contributed by atoms with van der Waals surface area (Å²) in [6, 6.07) is 21.0. The molecule has 328 valence electrons. The van der Waals surface area contributed by atoms with E-state index in [0.717, 1.165) is 62.1 Å².